The van der Waals surface area contributed by atoms with Crippen molar-refractivity contribution in [3.63, 3.8) is 0 Å². The average molecular weight is 169 g/mol. The lowest BCUT2D eigenvalue weighted by Gasteiger charge is -2.03. The minimum absolute atomic E-state index is 0.208. The van der Waals surface area contributed by atoms with Crippen LogP contribution in [0, 0.1) is 0 Å². The van der Waals surface area contributed by atoms with Crippen molar-refractivity contribution in [2.75, 3.05) is 14.2 Å². The largest absolute Gasteiger partial charge is 0.391 e. The lowest BCUT2D eigenvalue weighted by Crippen LogP contribution is -2.04. The van der Waals surface area contributed by atoms with E-state index in [-0.39, 0.29) is 6.10 Å². The van der Waals surface area contributed by atoms with Gasteiger partial charge in [-0.05, 0) is 13.8 Å². The van der Waals surface area contributed by atoms with Gasteiger partial charge in [-0.2, -0.15) is 0 Å². The molecule has 0 aromatic heterocycles. The van der Waals surface area contributed by atoms with E-state index >= 15 is 0 Å². The average Bonchev–Trinajstić information content (AvgIpc) is 2.12. The highest BCUT2D eigenvalue weighted by atomic mass is 16.5. The predicted molar refractivity (Wildman–Crippen MR) is 53.0 cm³/mol. The fourth-order valence-corrected chi connectivity index (χ4v) is 0.829. The van der Waals surface area contributed by atoms with Gasteiger partial charge in [0.25, 0.3) is 0 Å². The van der Waals surface area contributed by atoms with Crippen molar-refractivity contribution in [3.05, 3.63) is 23.9 Å². The molecule has 0 aromatic rings. The number of rotatable bonds is 5. The molecule has 1 unspecified atom stereocenters. The third kappa shape index (κ3) is 4.97. The maximum atomic E-state index is 5.07. The van der Waals surface area contributed by atoms with E-state index < -0.39 is 0 Å². The first-order valence-electron chi connectivity index (χ1n) is 4.27. The first kappa shape index (κ1) is 11.2. The fourth-order valence-electron chi connectivity index (χ4n) is 0.829. The van der Waals surface area contributed by atoms with Crippen LogP contribution in [0.25, 0.3) is 0 Å². The van der Waals surface area contributed by atoms with Crippen LogP contribution in [0.15, 0.2) is 23.9 Å². The molecule has 0 spiro atoms. The number of ether oxygens (including phenoxy) is 1. The summed E-state index contributed by atoms with van der Waals surface area (Å²) in [6.07, 6.45) is 7.39. The first-order valence-corrected chi connectivity index (χ1v) is 4.27. The summed E-state index contributed by atoms with van der Waals surface area (Å²) in [7, 11) is 3.65. The van der Waals surface area contributed by atoms with Gasteiger partial charge in [0.1, 0.15) is 0 Å². The third-order valence-corrected chi connectivity index (χ3v) is 1.79. The molecule has 0 rings (SSSR count). The lowest BCUT2D eigenvalue weighted by atomic mass is 10.2. The summed E-state index contributed by atoms with van der Waals surface area (Å²) in [5.41, 5.74) is 1.23. The Kier molecular flexibility index (Phi) is 6.48. The SMILES string of the molecule is C/C=C(\C/C=C\C(C)OC)NC. The monoisotopic (exact) mass is 169 g/mol. The van der Waals surface area contributed by atoms with Gasteiger partial charge in [0.05, 0.1) is 6.10 Å². The Morgan fingerprint density at radius 1 is 1.58 bits per heavy atom. The summed E-state index contributed by atoms with van der Waals surface area (Å²) in [5.74, 6) is 0. The Morgan fingerprint density at radius 3 is 2.67 bits per heavy atom. The number of hydrogen-bond donors (Lipinski definition) is 1. The maximum absolute atomic E-state index is 5.07. The van der Waals surface area contributed by atoms with Crippen LogP contribution in [0.3, 0.4) is 0 Å². The third-order valence-electron chi connectivity index (χ3n) is 1.79. The van der Waals surface area contributed by atoms with Gasteiger partial charge in [0.2, 0.25) is 0 Å². The van der Waals surface area contributed by atoms with Crippen LogP contribution in [0.5, 0.6) is 0 Å². The molecule has 12 heavy (non-hydrogen) atoms. The van der Waals surface area contributed by atoms with Gasteiger partial charge < -0.3 is 10.1 Å². The van der Waals surface area contributed by atoms with Crippen LogP contribution >= 0.6 is 0 Å². The quantitative estimate of drug-likeness (QED) is 0.636. The number of nitrogens with one attached hydrogen (secondary N) is 1. The smallest absolute Gasteiger partial charge is 0.0723 e. The Balaban J connectivity index is 3.73. The van der Waals surface area contributed by atoms with E-state index in [1.807, 2.05) is 20.9 Å². The normalized spacial score (nSPS) is 15.2. The molecule has 0 bridgehead atoms. The number of methoxy groups -OCH3 is 1. The highest BCUT2D eigenvalue weighted by molar-refractivity contribution is 5.04. The molecule has 0 aliphatic rings. The Hall–Kier alpha value is -0.760. The maximum Gasteiger partial charge on any atom is 0.0723 e. The van der Waals surface area contributed by atoms with Gasteiger partial charge in [0.15, 0.2) is 0 Å². The molecule has 0 radical (unpaired) electrons. The minimum atomic E-state index is 0.208. The van der Waals surface area contributed by atoms with E-state index in [0.29, 0.717) is 0 Å². The molecular formula is C10H19NO. The zero-order chi connectivity index (χ0) is 9.40. The first-order chi connectivity index (χ1) is 5.74. The molecule has 0 aliphatic carbocycles. The predicted octanol–water partition coefficient (Wildman–Crippen LogP) is 2.09. The minimum Gasteiger partial charge on any atom is -0.391 e. The topological polar surface area (TPSA) is 21.3 Å². The van der Waals surface area contributed by atoms with Crippen molar-refractivity contribution in [2.24, 2.45) is 0 Å². The molecule has 2 nitrogen and oxygen atoms in total. The summed E-state index contributed by atoms with van der Waals surface area (Å²) >= 11 is 0. The van der Waals surface area contributed by atoms with Crippen LogP contribution in [0.2, 0.25) is 0 Å². The molecule has 2 heteroatoms. The van der Waals surface area contributed by atoms with Crippen LogP contribution < -0.4 is 5.32 Å². The van der Waals surface area contributed by atoms with Crippen molar-refractivity contribution in [2.45, 2.75) is 26.4 Å². The zero-order valence-corrected chi connectivity index (χ0v) is 8.42. The van der Waals surface area contributed by atoms with E-state index in [1.54, 1.807) is 7.11 Å². The number of hydrogen-bond acceptors (Lipinski definition) is 2. The molecule has 0 amide bonds. The summed E-state index contributed by atoms with van der Waals surface area (Å²) in [6, 6.07) is 0. The molecule has 0 aromatic carbocycles. The highest BCUT2D eigenvalue weighted by Gasteiger charge is 1.91. The molecule has 0 aliphatic heterocycles. The summed E-state index contributed by atoms with van der Waals surface area (Å²) in [4.78, 5) is 0. The van der Waals surface area contributed by atoms with Gasteiger partial charge in [-0.3, -0.25) is 0 Å². The Morgan fingerprint density at radius 2 is 2.25 bits per heavy atom. The van der Waals surface area contributed by atoms with Gasteiger partial charge in [0, 0.05) is 26.3 Å². The number of allylic oxidation sites excluding steroid dienone is 2. The summed E-state index contributed by atoms with van der Waals surface area (Å²) in [6.45, 7) is 4.05. The zero-order valence-electron chi connectivity index (χ0n) is 8.42. The molecule has 0 saturated carbocycles. The standard InChI is InChI=1S/C10H19NO/c1-5-10(11-3)8-6-7-9(2)12-4/h5-7,9,11H,8H2,1-4H3/b7-6-,10-5+. The van der Waals surface area contributed by atoms with Gasteiger partial charge >= 0.3 is 0 Å². The molecular weight excluding hydrogens is 150 g/mol. The molecule has 0 fully saturated rings. The van der Waals surface area contributed by atoms with Crippen LogP contribution in [-0.2, 0) is 4.74 Å². The van der Waals surface area contributed by atoms with Crippen LogP contribution in [0.4, 0.5) is 0 Å². The molecule has 1 N–H and O–H groups in total. The molecule has 0 heterocycles. The van der Waals surface area contributed by atoms with Crippen molar-refractivity contribution in [1.82, 2.24) is 5.32 Å². The lowest BCUT2D eigenvalue weighted by molar-refractivity contribution is 0.156. The Labute approximate surface area is 75.3 Å². The van der Waals surface area contributed by atoms with Crippen molar-refractivity contribution in [1.29, 1.82) is 0 Å². The summed E-state index contributed by atoms with van der Waals surface area (Å²) in [5, 5.41) is 3.11. The summed E-state index contributed by atoms with van der Waals surface area (Å²) < 4.78 is 5.07. The Bertz CT molecular complexity index is 161. The molecule has 0 saturated heterocycles. The van der Waals surface area contributed by atoms with Gasteiger partial charge in [-0.15, -0.1) is 0 Å². The van der Waals surface area contributed by atoms with E-state index in [4.69, 9.17) is 4.74 Å². The fraction of sp³-hybridized carbons (Fsp3) is 0.600. The second-order valence-corrected chi connectivity index (χ2v) is 2.64. The molecule has 1 atom stereocenters. The van der Waals surface area contributed by atoms with E-state index in [2.05, 4.69) is 23.5 Å². The van der Waals surface area contributed by atoms with E-state index in [9.17, 15) is 0 Å². The molecule has 70 valence electrons. The van der Waals surface area contributed by atoms with Crippen molar-refractivity contribution >= 4 is 0 Å². The highest BCUT2D eigenvalue weighted by Crippen LogP contribution is 1.99. The van der Waals surface area contributed by atoms with Gasteiger partial charge in [-0.25, -0.2) is 0 Å². The van der Waals surface area contributed by atoms with Crippen LogP contribution in [-0.4, -0.2) is 20.3 Å². The second kappa shape index (κ2) is 6.92. The van der Waals surface area contributed by atoms with Crippen molar-refractivity contribution in [3.8, 4) is 0 Å². The second-order valence-electron chi connectivity index (χ2n) is 2.64. The van der Waals surface area contributed by atoms with Crippen LogP contribution in [0.1, 0.15) is 20.3 Å². The van der Waals surface area contributed by atoms with Crippen molar-refractivity contribution < 1.29 is 4.74 Å². The van der Waals surface area contributed by atoms with E-state index in [0.717, 1.165) is 6.42 Å². The van der Waals surface area contributed by atoms with Gasteiger partial charge in [-0.1, -0.05) is 18.2 Å². The van der Waals surface area contributed by atoms with E-state index in [1.165, 1.54) is 5.70 Å².